The summed E-state index contributed by atoms with van der Waals surface area (Å²) in [4.78, 5) is 8.38. The maximum Gasteiger partial charge on any atom is 0.152 e. The van der Waals surface area contributed by atoms with Crippen LogP contribution in [0.4, 0.5) is 5.82 Å². The van der Waals surface area contributed by atoms with Crippen LogP contribution >= 0.6 is 27.3 Å². The zero-order valence-corrected chi connectivity index (χ0v) is 12.5. The minimum absolute atomic E-state index is 0.0472. The Balaban J connectivity index is 1.91. The van der Waals surface area contributed by atoms with Gasteiger partial charge in [0.05, 0.1) is 25.5 Å². The standard InChI is InChI=1S/C10H10BrN3O2S2/c11-8-3-7-9(17-8)10(13-5-12-7)14-6-1-2-18(15,16)4-6/h3,5-6H,1-2,4H2,(H,12,13,14). The summed E-state index contributed by atoms with van der Waals surface area (Å²) in [6, 6.07) is 1.88. The molecule has 2 aromatic rings. The number of nitrogens with one attached hydrogen (secondary N) is 1. The van der Waals surface area contributed by atoms with Crippen LogP contribution in [0.1, 0.15) is 6.42 Å². The van der Waals surface area contributed by atoms with Crippen molar-refractivity contribution in [2.75, 3.05) is 16.8 Å². The quantitative estimate of drug-likeness (QED) is 0.899. The third-order valence-electron chi connectivity index (χ3n) is 2.85. The molecular formula is C10H10BrN3O2S2. The number of rotatable bonds is 2. The maximum absolute atomic E-state index is 11.4. The Morgan fingerprint density at radius 2 is 2.28 bits per heavy atom. The van der Waals surface area contributed by atoms with E-state index in [1.807, 2.05) is 6.07 Å². The first-order chi connectivity index (χ1) is 8.53. The van der Waals surface area contributed by atoms with Crippen LogP contribution in [0.2, 0.25) is 0 Å². The summed E-state index contributed by atoms with van der Waals surface area (Å²) in [5.41, 5.74) is 0.866. The monoisotopic (exact) mass is 347 g/mol. The molecule has 2 aromatic heterocycles. The molecule has 3 rings (SSSR count). The fraction of sp³-hybridized carbons (Fsp3) is 0.400. The second-order valence-electron chi connectivity index (χ2n) is 4.23. The molecule has 1 N–H and O–H groups in total. The number of halogens is 1. The largest absolute Gasteiger partial charge is 0.365 e. The normalized spacial score (nSPS) is 22.4. The van der Waals surface area contributed by atoms with E-state index in [0.29, 0.717) is 6.42 Å². The lowest BCUT2D eigenvalue weighted by Crippen LogP contribution is -2.21. The summed E-state index contributed by atoms with van der Waals surface area (Å²) in [5, 5.41) is 3.21. The van der Waals surface area contributed by atoms with Gasteiger partial charge in [-0.15, -0.1) is 11.3 Å². The van der Waals surface area contributed by atoms with E-state index in [4.69, 9.17) is 0 Å². The molecular weight excluding hydrogens is 338 g/mol. The number of hydrogen-bond acceptors (Lipinski definition) is 6. The fourth-order valence-electron chi connectivity index (χ4n) is 2.03. The Kier molecular flexibility index (Phi) is 3.03. The van der Waals surface area contributed by atoms with Crippen molar-refractivity contribution in [1.29, 1.82) is 0 Å². The van der Waals surface area contributed by atoms with E-state index in [1.54, 1.807) is 11.3 Å². The lowest BCUT2D eigenvalue weighted by molar-refractivity contribution is 0.602. The predicted octanol–water partition coefficient (Wildman–Crippen LogP) is 2.05. The molecule has 0 aliphatic carbocycles. The van der Waals surface area contributed by atoms with Gasteiger partial charge in [0.25, 0.3) is 0 Å². The lowest BCUT2D eigenvalue weighted by Gasteiger charge is -2.11. The SMILES string of the molecule is O=S1(=O)CCC(Nc2ncnc3cc(Br)sc23)C1. The van der Waals surface area contributed by atoms with E-state index in [1.165, 1.54) is 6.33 Å². The molecule has 18 heavy (non-hydrogen) atoms. The van der Waals surface area contributed by atoms with Gasteiger partial charge in [-0.25, -0.2) is 18.4 Å². The van der Waals surface area contributed by atoms with Gasteiger partial charge in [-0.1, -0.05) is 0 Å². The van der Waals surface area contributed by atoms with E-state index in [-0.39, 0.29) is 17.5 Å². The Morgan fingerprint density at radius 3 is 3.00 bits per heavy atom. The van der Waals surface area contributed by atoms with Crippen LogP contribution in [-0.4, -0.2) is 35.9 Å². The highest BCUT2D eigenvalue weighted by Gasteiger charge is 2.28. The second kappa shape index (κ2) is 4.43. The third kappa shape index (κ3) is 2.36. The van der Waals surface area contributed by atoms with Crippen LogP contribution < -0.4 is 5.32 Å². The molecule has 0 amide bonds. The molecule has 1 unspecified atom stereocenters. The van der Waals surface area contributed by atoms with Crippen LogP contribution in [0.15, 0.2) is 16.2 Å². The number of nitrogens with zero attached hydrogens (tertiary/aromatic N) is 2. The highest BCUT2D eigenvalue weighted by Crippen LogP contribution is 2.33. The van der Waals surface area contributed by atoms with E-state index < -0.39 is 9.84 Å². The van der Waals surface area contributed by atoms with Crippen LogP contribution in [0, 0.1) is 0 Å². The number of hydrogen-bond donors (Lipinski definition) is 1. The summed E-state index contributed by atoms with van der Waals surface area (Å²) >= 11 is 4.96. The van der Waals surface area contributed by atoms with Gasteiger partial charge in [-0.3, -0.25) is 0 Å². The van der Waals surface area contributed by atoms with Crippen LogP contribution in [0.3, 0.4) is 0 Å². The molecule has 1 aliphatic heterocycles. The molecule has 8 heteroatoms. The highest BCUT2D eigenvalue weighted by atomic mass is 79.9. The smallest absolute Gasteiger partial charge is 0.152 e. The Labute approximate surface area is 117 Å². The topological polar surface area (TPSA) is 72.0 Å². The van der Waals surface area contributed by atoms with Crippen molar-refractivity contribution in [2.24, 2.45) is 0 Å². The third-order valence-corrected chi connectivity index (χ3v) is 6.26. The van der Waals surface area contributed by atoms with Gasteiger partial charge < -0.3 is 5.32 Å². The van der Waals surface area contributed by atoms with E-state index in [0.717, 1.165) is 19.8 Å². The zero-order chi connectivity index (χ0) is 12.8. The molecule has 1 fully saturated rings. The molecule has 0 aromatic carbocycles. The minimum atomic E-state index is -2.88. The number of thiophene rings is 1. The maximum atomic E-state index is 11.4. The number of fused-ring (bicyclic) bond motifs is 1. The van der Waals surface area contributed by atoms with Gasteiger partial charge in [0.1, 0.15) is 12.1 Å². The minimum Gasteiger partial charge on any atom is -0.365 e. The van der Waals surface area contributed by atoms with Gasteiger partial charge in [-0.05, 0) is 28.4 Å². The average molecular weight is 348 g/mol. The molecule has 0 saturated carbocycles. The molecule has 3 heterocycles. The zero-order valence-electron chi connectivity index (χ0n) is 9.26. The van der Waals surface area contributed by atoms with Crippen molar-refractivity contribution in [1.82, 2.24) is 9.97 Å². The molecule has 96 valence electrons. The van der Waals surface area contributed by atoms with Crippen molar-refractivity contribution in [2.45, 2.75) is 12.5 Å². The first-order valence-electron chi connectivity index (χ1n) is 5.40. The van der Waals surface area contributed by atoms with Crippen LogP contribution in [-0.2, 0) is 9.84 Å². The van der Waals surface area contributed by atoms with E-state index >= 15 is 0 Å². The fourth-order valence-corrected chi connectivity index (χ4v) is 5.20. The molecule has 0 bridgehead atoms. The Bertz CT molecular complexity index is 698. The lowest BCUT2D eigenvalue weighted by atomic mass is 10.2. The van der Waals surface area contributed by atoms with Crippen molar-refractivity contribution in [3.8, 4) is 0 Å². The van der Waals surface area contributed by atoms with Gasteiger partial charge in [-0.2, -0.15) is 0 Å². The molecule has 1 saturated heterocycles. The van der Waals surface area contributed by atoms with Crippen molar-refractivity contribution >= 4 is 53.1 Å². The van der Waals surface area contributed by atoms with Gasteiger partial charge in [0, 0.05) is 6.04 Å². The summed E-state index contributed by atoms with van der Waals surface area (Å²) in [6.07, 6.45) is 2.13. The van der Waals surface area contributed by atoms with Gasteiger partial charge in [0.2, 0.25) is 0 Å². The Morgan fingerprint density at radius 1 is 1.44 bits per heavy atom. The first kappa shape index (κ1) is 12.3. The van der Waals surface area contributed by atoms with Crippen molar-refractivity contribution in [3.05, 3.63) is 16.2 Å². The van der Waals surface area contributed by atoms with Gasteiger partial charge in [0.15, 0.2) is 9.84 Å². The van der Waals surface area contributed by atoms with Crippen LogP contribution in [0.5, 0.6) is 0 Å². The summed E-state index contributed by atoms with van der Waals surface area (Å²) in [5.74, 6) is 1.16. The van der Waals surface area contributed by atoms with Gasteiger partial charge >= 0.3 is 0 Å². The predicted molar refractivity (Wildman–Crippen MR) is 75.8 cm³/mol. The molecule has 0 radical (unpaired) electrons. The van der Waals surface area contributed by atoms with Crippen molar-refractivity contribution < 1.29 is 8.42 Å². The molecule has 5 nitrogen and oxygen atoms in total. The first-order valence-corrected chi connectivity index (χ1v) is 8.83. The number of sulfone groups is 1. The summed E-state index contributed by atoms with van der Waals surface area (Å²) in [7, 11) is -2.88. The highest BCUT2D eigenvalue weighted by molar-refractivity contribution is 9.11. The number of aromatic nitrogens is 2. The summed E-state index contributed by atoms with van der Waals surface area (Å²) in [6.45, 7) is 0. The molecule has 1 aliphatic rings. The van der Waals surface area contributed by atoms with Crippen molar-refractivity contribution in [3.63, 3.8) is 0 Å². The van der Waals surface area contributed by atoms with E-state index in [9.17, 15) is 8.42 Å². The number of anilines is 1. The molecule has 1 atom stereocenters. The second-order valence-corrected chi connectivity index (χ2v) is 8.89. The Hall–Kier alpha value is -0.730. The summed E-state index contributed by atoms with van der Waals surface area (Å²) < 4.78 is 24.8. The molecule has 0 spiro atoms. The van der Waals surface area contributed by atoms with Crippen LogP contribution in [0.25, 0.3) is 10.2 Å². The average Bonchev–Trinajstić information content (AvgIpc) is 2.81. The van der Waals surface area contributed by atoms with E-state index in [2.05, 4.69) is 31.2 Å².